The summed E-state index contributed by atoms with van der Waals surface area (Å²) >= 11 is 0. The van der Waals surface area contributed by atoms with Crippen molar-refractivity contribution in [2.24, 2.45) is 23.2 Å². The van der Waals surface area contributed by atoms with Gasteiger partial charge in [-0.3, -0.25) is 9.59 Å². The molecule has 0 heterocycles. The van der Waals surface area contributed by atoms with Crippen LogP contribution >= 0.6 is 0 Å². The van der Waals surface area contributed by atoms with Crippen LogP contribution in [0.5, 0.6) is 5.75 Å². The summed E-state index contributed by atoms with van der Waals surface area (Å²) in [6.07, 6.45) is 8.62. The molecule has 0 spiro atoms. The molecule has 0 saturated heterocycles. The second-order valence-electron chi connectivity index (χ2n) is 8.90. The Bertz CT molecular complexity index is 638. The largest absolute Gasteiger partial charge is 0.484 e. The fourth-order valence-corrected chi connectivity index (χ4v) is 6.03. The van der Waals surface area contributed by atoms with Gasteiger partial charge in [-0.05, 0) is 73.8 Å². The summed E-state index contributed by atoms with van der Waals surface area (Å²) in [6, 6.07) is 9.27. The van der Waals surface area contributed by atoms with Gasteiger partial charge in [0, 0.05) is 19.5 Å². The fraction of sp³-hybridized carbons (Fsp3) is 0.636. The summed E-state index contributed by atoms with van der Waals surface area (Å²) in [5.74, 6) is 3.26. The summed E-state index contributed by atoms with van der Waals surface area (Å²) in [4.78, 5) is 24.2. The van der Waals surface area contributed by atoms with Crippen molar-refractivity contribution in [2.75, 3.05) is 19.7 Å². The quantitative estimate of drug-likeness (QED) is 0.692. The molecule has 0 unspecified atom stereocenters. The average Bonchev–Trinajstić information content (AvgIpc) is 2.63. The minimum atomic E-state index is -0.172. The van der Waals surface area contributed by atoms with E-state index in [4.69, 9.17) is 4.74 Å². The first-order valence-corrected chi connectivity index (χ1v) is 10.3. The predicted octanol–water partition coefficient (Wildman–Crippen LogP) is 2.90. The summed E-state index contributed by atoms with van der Waals surface area (Å²) in [6.45, 7) is 0.900. The Hall–Kier alpha value is -2.04. The first-order valence-electron chi connectivity index (χ1n) is 10.3. The highest BCUT2D eigenvalue weighted by Crippen LogP contribution is 2.61. The number of benzene rings is 1. The zero-order valence-corrected chi connectivity index (χ0v) is 15.9. The molecule has 4 aliphatic rings. The molecule has 146 valence electrons. The van der Waals surface area contributed by atoms with E-state index >= 15 is 0 Å². The molecule has 5 heteroatoms. The van der Waals surface area contributed by atoms with Crippen LogP contribution in [0.4, 0.5) is 0 Å². The van der Waals surface area contributed by atoms with Crippen LogP contribution in [0.1, 0.15) is 44.9 Å². The highest BCUT2D eigenvalue weighted by atomic mass is 16.5. The molecule has 1 aromatic rings. The Labute approximate surface area is 161 Å². The highest BCUT2D eigenvalue weighted by molar-refractivity contribution is 5.78. The lowest BCUT2D eigenvalue weighted by molar-refractivity contribution is -0.129. The van der Waals surface area contributed by atoms with E-state index in [1.54, 1.807) is 0 Å². The van der Waals surface area contributed by atoms with Gasteiger partial charge in [0.25, 0.3) is 5.91 Å². The molecule has 27 heavy (non-hydrogen) atoms. The summed E-state index contributed by atoms with van der Waals surface area (Å²) in [5.41, 5.74) is 0.269. The van der Waals surface area contributed by atoms with Crippen molar-refractivity contribution in [2.45, 2.75) is 44.9 Å². The van der Waals surface area contributed by atoms with Crippen LogP contribution in [0, 0.1) is 23.2 Å². The molecule has 4 aliphatic carbocycles. The van der Waals surface area contributed by atoms with Gasteiger partial charge in [0.1, 0.15) is 5.75 Å². The third-order valence-corrected chi connectivity index (χ3v) is 6.58. The van der Waals surface area contributed by atoms with Crippen LogP contribution < -0.4 is 15.4 Å². The highest BCUT2D eigenvalue weighted by Gasteiger charge is 2.51. The zero-order chi connectivity index (χ0) is 18.7. The number of ether oxygens (including phenoxy) is 1. The van der Waals surface area contributed by atoms with E-state index in [2.05, 4.69) is 10.6 Å². The third kappa shape index (κ3) is 4.63. The van der Waals surface area contributed by atoms with Crippen LogP contribution in [0.15, 0.2) is 30.3 Å². The second-order valence-corrected chi connectivity index (χ2v) is 8.90. The number of carbonyl (C=O) groups is 2. The van der Waals surface area contributed by atoms with Gasteiger partial charge in [-0.1, -0.05) is 18.2 Å². The van der Waals surface area contributed by atoms with Crippen LogP contribution in [0.3, 0.4) is 0 Å². The lowest BCUT2D eigenvalue weighted by Gasteiger charge is -2.56. The van der Waals surface area contributed by atoms with Crippen molar-refractivity contribution in [3.63, 3.8) is 0 Å². The second kappa shape index (κ2) is 7.91. The molecule has 4 bridgehead atoms. The van der Waals surface area contributed by atoms with Gasteiger partial charge in [0.05, 0.1) is 0 Å². The van der Waals surface area contributed by atoms with Crippen LogP contribution in [-0.4, -0.2) is 31.5 Å². The van der Waals surface area contributed by atoms with Crippen molar-refractivity contribution >= 4 is 11.8 Å². The molecule has 0 radical (unpaired) electrons. The van der Waals surface area contributed by atoms with E-state index < -0.39 is 0 Å². The maximum absolute atomic E-state index is 12.4. The topological polar surface area (TPSA) is 67.4 Å². The Morgan fingerprint density at radius 2 is 1.44 bits per heavy atom. The number of para-hydroxylation sites is 1. The first-order chi connectivity index (χ1) is 13.1. The van der Waals surface area contributed by atoms with Gasteiger partial charge >= 0.3 is 0 Å². The molecule has 5 nitrogen and oxygen atoms in total. The van der Waals surface area contributed by atoms with E-state index in [0.717, 1.165) is 17.8 Å². The predicted molar refractivity (Wildman–Crippen MR) is 103 cm³/mol. The Morgan fingerprint density at radius 3 is 2.04 bits per heavy atom. The first kappa shape index (κ1) is 18.3. The molecular weight excluding hydrogens is 340 g/mol. The smallest absolute Gasteiger partial charge is 0.258 e. The van der Waals surface area contributed by atoms with E-state index in [-0.39, 0.29) is 23.8 Å². The summed E-state index contributed by atoms with van der Waals surface area (Å²) in [7, 11) is 0. The summed E-state index contributed by atoms with van der Waals surface area (Å²) < 4.78 is 5.41. The van der Waals surface area contributed by atoms with E-state index in [9.17, 15) is 9.59 Å². The third-order valence-electron chi connectivity index (χ3n) is 6.58. The van der Waals surface area contributed by atoms with Gasteiger partial charge in [-0.25, -0.2) is 0 Å². The Balaban J connectivity index is 1.13. The van der Waals surface area contributed by atoms with Crippen molar-refractivity contribution in [1.82, 2.24) is 10.6 Å². The molecule has 4 saturated carbocycles. The lowest BCUT2D eigenvalue weighted by atomic mass is 9.49. The van der Waals surface area contributed by atoms with E-state index in [1.165, 1.54) is 38.5 Å². The van der Waals surface area contributed by atoms with Gasteiger partial charge in [-0.2, -0.15) is 0 Å². The SMILES string of the molecule is O=C(COc1ccccc1)NCCNC(=O)CC12CC3CC(CC(C3)C1)C2. The lowest BCUT2D eigenvalue weighted by Crippen LogP contribution is -2.48. The van der Waals surface area contributed by atoms with Crippen LogP contribution in [0.25, 0.3) is 0 Å². The van der Waals surface area contributed by atoms with Gasteiger partial charge in [-0.15, -0.1) is 0 Å². The number of nitrogens with one attached hydrogen (secondary N) is 2. The molecule has 0 aliphatic heterocycles. The maximum atomic E-state index is 12.4. The van der Waals surface area contributed by atoms with Gasteiger partial charge in [0.2, 0.25) is 5.91 Å². The molecule has 5 rings (SSSR count). The average molecular weight is 370 g/mol. The van der Waals surface area contributed by atoms with Crippen molar-refractivity contribution in [3.8, 4) is 5.75 Å². The number of hydrogen-bond donors (Lipinski definition) is 2. The van der Waals surface area contributed by atoms with Crippen molar-refractivity contribution < 1.29 is 14.3 Å². The molecule has 0 aromatic heterocycles. The molecule has 4 fully saturated rings. The zero-order valence-electron chi connectivity index (χ0n) is 15.9. The Kier molecular flexibility index (Phi) is 5.37. The fourth-order valence-electron chi connectivity index (χ4n) is 6.03. The van der Waals surface area contributed by atoms with Crippen LogP contribution in [0.2, 0.25) is 0 Å². The molecular formula is C22H30N2O3. The molecule has 2 amide bonds. The minimum Gasteiger partial charge on any atom is -0.484 e. The molecule has 2 N–H and O–H groups in total. The van der Waals surface area contributed by atoms with Crippen molar-refractivity contribution in [3.05, 3.63) is 30.3 Å². The Morgan fingerprint density at radius 1 is 0.889 bits per heavy atom. The number of carbonyl (C=O) groups excluding carboxylic acids is 2. The number of hydrogen-bond acceptors (Lipinski definition) is 3. The molecule has 1 aromatic carbocycles. The monoisotopic (exact) mass is 370 g/mol. The van der Waals surface area contributed by atoms with E-state index in [0.29, 0.717) is 25.3 Å². The number of amides is 2. The summed E-state index contributed by atoms with van der Waals surface area (Å²) in [5, 5.41) is 5.78. The van der Waals surface area contributed by atoms with Gasteiger partial charge < -0.3 is 15.4 Å². The van der Waals surface area contributed by atoms with E-state index in [1.807, 2.05) is 30.3 Å². The van der Waals surface area contributed by atoms with Crippen molar-refractivity contribution in [1.29, 1.82) is 0 Å². The minimum absolute atomic E-state index is 0.00869. The normalized spacial score (nSPS) is 30.7. The maximum Gasteiger partial charge on any atom is 0.258 e. The number of rotatable bonds is 8. The van der Waals surface area contributed by atoms with Gasteiger partial charge in [0.15, 0.2) is 6.61 Å². The molecule has 0 atom stereocenters. The standard InChI is InChI=1S/C22H30N2O3/c25-20(14-22-11-16-8-17(12-22)10-18(9-16)13-22)23-6-7-24-21(26)15-27-19-4-2-1-3-5-19/h1-5,16-18H,6-15H2,(H,23,25)(H,24,26). The van der Waals surface area contributed by atoms with Crippen LogP contribution in [-0.2, 0) is 9.59 Å².